The largest absolute Gasteiger partial charge is 0.454 e. The molecule has 2 rings (SSSR count). The molecule has 1 heterocycles. The highest BCUT2D eigenvalue weighted by Gasteiger charge is 1.99. The number of halogens is 1. The van der Waals surface area contributed by atoms with Crippen molar-refractivity contribution in [1.82, 2.24) is 9.97 Å². The van der Waals surface area contributed by atoms with E-state index in [0.29, 0.717) is 17.3 Å². The molecule has 0 fully saturated rings. The Kier molecular flexibility index (Phi) is 2.58. The highest BCUT2D eigenvalue weighted by molar-refractivity contribution is 5.28. The SMILES string of the molecule is Cc1ncc(Oc2cccc(F)c2)cn1. The number of hydrogen-bond donors (Lipinski definition) is 0. The van der Waals surface area contributed by atoms with Gasteiger partial charge in [0.1, 0.15) is 17.4 Å². The zero-order valence-electron chi connectivity index (χ0n) is 8.14. The van der Waals surface area contributed by atoms with Crippen LogP contribution in [-0.4, -0.2) is 9.97 Å². The minimum atomic E-state index is -0.333. The summed E-state index contributed by atoms with van der Waals surface area (Å²) in [6.07, 6.45) is 3.10. The van der Waals surface area contributed by atoms with Crippen molar-refractivity contribution >= 4 is 0 Å². The number of hydrogen-bond acceptors (Lipinski definition) is 3. The van der Waals surface area contributed by atoms with Gasteiger partial charge in [0.2, 0.25) is 0 Å². The third-order valence-electron chi connectivity index (χ3n) is 1.79. The van der Waals surface area contributed by atoms with E-state index in [-0.39, 0.29) is 5.82 Å². The minimum absolute atomic E-state index is 0.333. The van der Waals surface area contributed by atoms with Gasteiger partial charge in [0.05, 0.1) is 12.4 Å². The first-order chi connectivity index (χ1) is 7.24. The van der Waals surface area contributed by atoms with Gasteiger partial charge in [-0.15, -0.1) is 0 Å². The smallest absolute Gasteiger partial charge is 0.164 e. The maximum atomic E-state index is 12.8. The molecular weight excluding hydrogens is 195 g/mol. The van der Waals surface area contributed by atoms with Crippen LogP contribution in [0, 0.1) is 12.7 Å². The predicted molar refractivity (Wildman–Crippen MR) is 53.2 cm³/mol. The summed E-state index contributed by atoms with van der Waals surface area (Å²) in [5.41, 5.74) is 0. The second-order valence-electron chi connectivity index (χ2n) is 3.03. The molecule has 0 aliphatic heterocycles. The third-order valence-corrected chi connectivity index (χ3v) is 1.79. The van der Waals surface area contributed by atoms with Crippen LogP contribution < -0.4 is 4.74 Å². The number of ether oxygens (including phenoxy) is 1. The van der Waals surface area contributed by atoms with E-state index in [1.54, 1.807) is 31.5 Å². The van der Waals surface area contributed by atoms with E-state index >= 15 is 0 Å². The molecule has 0 spiro atoms. The van der Waals surface area contributed by atoms with Crippen LogP contribution in [0.2, 0.25) is 0 Å². The summed E-state index contributed by atoms with van der Waals surface area (Å²) in [7, 11) is 0. The molecule has 76 valence electrons. The molecule has 1 aromatic carbocycles. The normalized spacial score (nSPS) is 10.0. The lowest BCUT2D eigenvalue weighted by molar-refractivity contribution is 0.471. The molecular formula is C11H9FN2O. The first kappa shape index (κ1) is 9.58. The molecule has 0 aliphatic rings. The van der Waals surface area contributed by atoms with Gasteiger partial charge >= 0.3 is 0 Å². The molecule has 0 aliphatic carbocycles. The topological polar surface area (TPSA) is 35.0 Å². The van der Waals surface area contributed by atoms with Gasteiger partial charge in [-0.25, -0.2) is 14.4 Å². The van der Waals surface area contributed by atoms with Gasteiger partial charge in [0.25, 0.3) is 0 Å². The van der Waals surface area contributed by atoms with E-state index in [1.807, 2.05) is 0 Å². The summed E-state index contributed by atoms with van der Waals surface area (Å²) in [6, 6.07) is 5.92. The lowest BCUT2D eigenvalue weighted by Gasteiger charge is -2.04. The molecule has 0 atom stereocenters. The van der Waals surface area contributed by atoms with Crippen molar-refractivity contribution < 1.29 is 9.13 Å². The zero-order valence-corrected chi connectivity index (χ0v) is 8.14. The molecule has 0 unspecified atom stereocenters. The summed E-state index contributed by atoms with van der Waals surface area (Å²) in [6.45, 7) is 1.78. The molecule has 0 saturated carbocycles. The Bertz CT molecular complexity index is 456. The average Bonchev–Trinajstić information content (AvgIpc) is 2.22. The lowest BCUT2D eigenvalue weighted by atomic mass is 10.3. The van der Waals surface area contributed by atoms with E-state index < -0.39 is 0 Å². The number of aromatic nitrogens is 2. The Labute approximate surface area is 86.6 Å². The predicted octanol–water partition coefficient (Wildman–Crippen LogP) is 2.72. The summed E-state index contributed by atoms with van der Waals surface area (Å²) in [5.74, 6) is 1.26. The van der Waals surface area contributed by atoms with Gasteiger partial charge in [-0.05, 0) is 19.1 Å². The number of nitrogens with zero attached hydrogens (tertiary/aromatic N) is 2. The maximum absolute atomic E-state index is 12.8. The second-order valence-corrected chi connectivity index (χ2v) is 3.03. The molecule has 0 bridgehead atoms. The van der Waals surface area contributed by atoms with Crippen molar-refractivity contribution in [1.29, 1.82) is 0 Å². The quantitative estimate of drug-likeness (QED) is 0.754. The molecule has 0 amide bonds. The average molecular weight is 204 g/mol. The monoisotopic (exact) mass is 204 g/mol. The Morgan fingerprint density at radius 3 is 2.53 bits per heavy atom. The van der Waals surface area contributed by atoms with E-state index in [0.717, 1.165) is 0 Å². The van der Waals surface area contributed by atoms with Gasteiger partial charge in [-0.1, -0.05) is 6.07 Å². The summed E-state index contributed by atoms with van der Waals surface area (Å²) in [5, 5.41) is 0. The molecule has 3 nitrogen and oxygen atoms in total. The molecule has 0 saturated heterocycles. The van der Waals surface area contributed by atoms with Crippen LogP contribution in [0.3, 0.4) is 0 Å². The Balaban J connectivity index is 2.18. The Hall–Kier alpha value is -1.97. The zero-order chi connectivity index (χ0) is 10.7. The van der Waals surface area contributed by atoms with Crippen LogP contribution in [0.5, 0.6) is 11.5 Å². The number of benzene rings is 1. The van der Waals surface area contributed by atoms with E-state index in [2.05, 4.69) is 9.97 Å². The molecule has 0 N–H and O–H groups in total. The highest BCUT2D eigenvalue weighted by atomic mass is 19.1. The third kappa shape index (κ3) is 2.49. The van der Waals surface area contributed by atoms with Crippen molar-refractivity contribution in [3.8, 4) is 11.5 Å². The lowest BCUT2D eigenvalue weighted by Crippen LogP contribution is -1.90. The van der Waals surface area contributed by atoms with Crippen LogP contribution in [0.4, 0.5) is 4.39 Å². The summed E-state index contributed by atoms with van der Waals surface area (Å²) in [4.78, 5) is 7.94. The first-order valence-electron chi connectivity index (χ1n) is 4.46. The van der Waals surface area contributed by atoms with Gasteiger partial charge in [0, 0.05) is 6.07 Å². The van der Waals surface area contributed by atoms with Gasteiger partial charge in [-0.3, -0.25) is 0 Å². The number of aryl methyl sites for hydroxylation is 1. The highest BCUT2D eigenvalue weighted by Crippen LogP contribution is 2.19. The van der Waals surface area contributed by atoms with Gasteiger partial charge in [0.15, 0.2) is 5.75 Å². The van der Waals surface area contributed by atoms with E-state index in [9.17, 15) is 4.39 Å². The van der Waals surface area contributed by atoms with Crippen molar-refractivity contribution in [3.63, 3.8) is 0 Å². The van der Waals surface area contributed by atoms with Crippen LogP contribution >= 0.6 is 0 Å². The van der Waals surface area contributed by atoms with Gasteiger partial charge in [-0.2, -0.15) is 0 Å². The van der Waals surface area contributed by atoms with Crippen LogP contribution in [0.1, 0.15) is 5.82 Å². The summed E-state index contributed by atoms with van der Waals surface area (Å²) >= 11 is 0. The molecule has 0 radical (unpaired) electrons. The van der Waals surface area contributed by atoms with Crippen LogP contribution in [0.25, 0.3) is 0 Å². The maximum Gasteiger partial charge on any atom is 0.164 e. The summed E-state index contributed by atoms with van der Waals surface area (Å²) < 4.78 is 18.2. The fourth-order valence-corrected chi connectivity index (χ4v) is 1.10. The van der Waals surface area contributed by atoms with Crippen molar-refractivity contribution in [2.45, 2.75) is 6.92 Å². The Morgan fingerprint density at radius 2 is 1.87 bits per heavy atom. The van der Waals surface area contributed by atoms with Crippen molar-refractivity contribution in [3.05, 3.63) is 48.3 Å². The van der Waals surface area contributed by atoms with Crippen molar-refractivity contribution in [2.75, 3.05) is 0 Å². The van der Waals surface area contributed by atoms with Gasteiger partial charge < -0.3 is 4.74 Å². The minimum Gasteiger partial charge on any atom is -0.454 e. The fourth-order valence-electron chi connectivity index (χ4n) is 1.10. The standard InChI is InChI=1S/C11H9FN2O/c1-8-13-6-11(7-14-8)15-10-4-2-3-9(12)5-10/h2-7H,1H3. The van der Waals surface area contributed by atoms with E-state index in [4.69, 9.17) is 4.74 Å². The fraction of sp³-hybridized carbons (Fsp3) is 0.0909. The first-order valence-corrected chi connectivity index (χ1v) is 4.46. The second kappa shape index (κ2) is 4.04. The molecule has 1 aromatic heterocycles. The Morgan fingerprint density at radius 1 is 1.13 bits per heavy atom. The van der Waals surface area contributed by atoms with Crippen LogP contribution in [-0.2, 0) is 0 Å². The van der Waals surface area contributed by atoms with Crippen LogP contribution in [0.15, 0.2) is 36.7 Å². The van der Waals surface area contributed by atoms with Crippen molar-refractivity contribution in [2.24, 2.45) is 0 Å². The molecule has 2 aromatic rings. The molecule has 15 heavy (non-hydrogen) atoms. The van der Waals surface area contributed by atoms with E-state index in [1.165, 1.54) is 12.1 Å². The number of rotatable bonds is 2. The molecule has 4 heteroatoms.